The monoisotopic (exact) mass is 342 g/mol. The molecule has 23 heavy (non-hydrogen) atoms. The Morgan fingerprint density at radius 1 is 1.17 bits per heavy atom. The highest BCUT2D eigenvalue weighted by Gasteiger charge is 2.31. The Morgan fingerprint density at radius 2 is 1.91 bits per heavy atom. The third kappa shape index (κ3) is 3.73. The smallest absolute Gasteiger partial charge is 0.211 e. The summed E-state index contributed by atoms with van der Waals surface area (Å²) in [5.41, 5.74) is 5.86. The Balaban J connectivity index is 1.61. The average Bonchev–Trinajstić information content (AvgIpc) is 2.65. The van der Waals surface area contributed by atoms with Gasteiger partial charge in [-0.3, -0.25) is 4.90 Å². The van der Waals surface area contributed by atoms with Crippen LogP contribution >= 0.6 is 0 Å². The molecule has 1 aromatic heterocycles. The summed E-state index contributed by atoms with van der Waals surface area (Å²) in [6.45, 7) is 3.45. The lowest BCUT2D eigenvalue weighted by molar-refractivity contribution is 0.267. The van der Waals surface area contributed by atoms with Gasteiger partial charge in [-0.05, 0) is 25.8 Å². The number of hydrogen-bond acceptors (Lipinski definition) is 6. The molecule has 1 saturated heterocycles. The van der Waals surface area contributed by atoms with Gasteiger partial charge in [-0.15, -0.1) is 10.2 Å². The predicted molar refractivity (Wildman–Crippen MR) is 87.3 cm³/mol. The Labute approximate surface area is 137 Å². The molecule has 0 bridgehead atoms. The normalized spacial score (nSPS) is 27.6. The SMILES string of the molecule is Cn1c(CN2CCCN(S(C)(=O)=O)CC2)nnc1C1CC(N)C1. The standard InChI is InChI=1S/C14H26N6O2S/c1-18-13(16-17-14(18)11-8-12(15)9-11)10-19-4-3-5-20(7-6-19)23(2,21)22/h11-12H,3-10,15H2,1-2H3. The van der Waals surface area contributed by atoms with Gasteiger partial charge < -0.3 is 10.3 Å². The number of aromatic nitrogens is 3. The van der Waals surface area contributed by atoms with Gasteiger partial charge >= 0.3 is 0 Å². The molecular formula is C14H26N6O2S. The number of nitrogens with zero attached hydrogens (tertiary/aromatic N) is 5. The first-order valence-electron chi connectivity index (χ1n) is 8.16. The van der Waals surface area contributed by atoms with Crippen molar-refractivity contribution in [2.24, 2.45) is 12.8 Å². The molecule has 1 saturated carbocycles. The van der Waals surface area contributed by atoms with E-state index in [2.05, 4.69) is 19.7 Å². The van der Waals surface area contributed by atoms with E-state index >= 15 is 0 Å². The zero-order valence-electron chi connectivity index (χ0n) is 13.8. The highest BCUT2D eigenvalue weighted by molar-refractivity contribution is 7.88. The van der Waals surface area contributed by atoms with Gasteiger partial charge in [-0.2, -0.15) is 0 Å². The van der Waals surface area contributed by atoms with E-state index in [4.69, 9.17) is 5.73 Å². The Hall–Kier alpha value is -1.03. The molecule has 9 heteroatoms. The fourth-order valence-corrected chi connectivity index (χ4v) is 4.25. The second-order valence-electron chi connectivity index (χ2n) is 6.75. The number of nitrogens with two attached hydrogens (primary N) is 1. The van der Waals surface area contributed by atoms with Crippen LogP contribution in [0.15, 0.2) is 0 Å². The number of sulfonamides is 1. The Bertz CT molecular complexity index is 652. The van der Waals surface area contributed by atoms with E-state index in [1.165, 1.54) is 6.26 Å². The van der Waals surface area contributed by atoms with Crippen LogP contribution in [0.2, 0.25) is 0 Å². The minimum Gasteiger partial charge on any atom is -0.328 e. The van der Waals surface area contributed by atoms with E-state index in [0.29, 0.717) is 31.6 Å². The highest BCUT2D eigenvalue weighted by Crippen LogP contribution is 2.34. The van der Waals surface area contributed by atoms with Gasteiger partial charge in [0.1, 0.15) is 11.6 Å². The van der Waals surface area contributed by atoms with Gasteiger partial charge in [0, 0.05) is 38.6 Å². The molecule has 0 radical (unpaired) electrons. The lowest BCUT2D eigenvalue weighted by Gasteiger charge is -2.31. The van der Waals surface area contributed by atoms with Crippen molar-refractivity contribution in [2.45, 2.75) is 37.8 Å². The van der Waals surface area contributed by atoms with Crippen LogP contribution in [-0.4, -0.2) is 70.9 Å². The summed E-state index contributed by atoms with van der Waals surface area (Å²) in [5, 5.41) is 8.67. The summed E-state index contributed by atoms with van der Waals surface area (Å²) >= 11 is 0. The molecular weight excluding hydrogens is 316 g/mol. The van der Waals surface area contributed by atoms with E-state index < -0.39 is 10.0 Å². The summed E-state index contributed by atoms with van der Waals surface area (Å²) in [5.74, 6) is 2.39. The van der Waals surface area contributed by atoms with Gasteiger partial charge in [0.2, 0.25) is 10.0 Å². The minimum atomic E-state index is -3.10. The van der Waals surface area contributed by atoms with Crippen LogP contribution in [-0.2, 0) is 23.6 Å². The summed E-state index contributed by atoms with van der Waals surface area (Å²) in [6, 6.07) is 0.299. The Kier molecular flexibility index (Phi) is 4.73. The van der Waals surface area contributed by atoms with Crippen molar-refractivity contribution in [3.05, 3.63) is 11.6 Å². The van der Waals surface area contributed by atoms with E-state index in [0.717, 1.165) is 44.0 Å². The molecule has 0 amide bonds. The van der Waals surface area contributed by atoms with Crippen molar-refractivity contribution < 1.29 is 8.42 Å². The van der Waals surface area contributed by atoms with Gasteiger partial charge in [0.25, 0.3) is 0 Å². The zero-order valence-corrected chi connectivity index (χ0v) is 14.7. The van der Waals surface area contributed by atoms with E-state index in [9.17, 15) is 8.42 Å². The lowest BCUT2D eigenvalue weighted by Crippen LogP contribution is -2.36. The predicted octanol–water partition coefficient (Wildman–Crippen LogP) is -0.513. The maximum absolute atomic E-state index is 11.7. The van der Waals surface area contributed by atoms with Gasteiger partial charge in [-0.1, -0.05) is 0 Å². The third-order valence-electron chi connectivity index (χ3n) is 4.92. The first kappa shape index (κ1) is 16.8. The molecule has 2 heterocycles. The largest absolute Gasteiger partial charge is 0.328 e. The number of hydrogen-bond donors (Lipinski definition) is 1. The second kappa shape index (κ2) is 6.46. The van der Waals surface area contributed by atoms with Crippen molar-refractivity contribution in [1.29, 1.82) is 0 Å². The summed E-state index contributed by atoms with van der Waals surface area (Å²) < 4.78 is 27.0. The van der Waals surface area contributed by atoms with Crippen LogP contribution in [0.5, 0.6) is 0 Å². The maximum Gasteiger partial charge on any atom is 0.211 e. The molecule has 1 aliphatic heterocycles. The summed E-state index contributed by atoms with van der Waals surface area (Å²) in [6.07, 6.45) is 4.09. The highest BCUT2D eigenvalue weighted by atomic mass is 32.2. The second-order valence-corrected chi connectivity index (χ2v) is 8.74. The molecule has 2 N–H and O–H groups in total. The molecule has 3 rings (SSSR count). The molecule has 8 nitrogen and oxygen atoms in total. The molecule has 1 aliphatic carbocycles. The summed E-state index contributed by atoms with van der Waals surface area (Å²) in [7, 11) is -1.09. The van der Waals surface area contributed by atoms with Crippen LogP contribution < -0.4 is 5.73 Å². The van der Waals surface area contributed by atoms with Crippen molar-refractivity contribution in [2.75, 3.05) is 32.4 Å². The molecule has 0 aromatic carbocycles. The molecule has 2 fully saturated rings. The summed E-state index contributed by atoms with van der Waals surface area (Å²) in [4.78, 5) is 2.26. The molecule has 1 aromatic rings. The van der Waals surface area contributed by atoms with Crippen molar-refractivity contribution in [1.82, 2.24) is 24.0 Å². The van der Waals surface area contributed by atoms with Gasteiger partial charge in [0.05, 0.1) is 12.8 Å². The maximum atomic E-state index is 11.7. The van der Waals surface area contributed by atoms with Gasteiger partial charge in [-0.25, -0.2) is 12.7 Å². The van der Waals surface area contributed by atoms with Crippen LogP contribution in [0.1, 0.15) is 36.8 Å². The Morgan fingerprint density at radius 3 is 2.57 bits per heavy atom. The van der Waals surface area contributed by atoms with E-state index in [-0.39, 0.29) is 0 Å². The van der Waals surface area contributed by atoms with Crippen molar-refractivity contribution in [3.8, 4) is 0 Å². The molecule has 0 unspecified atom stereocenters. The zero-order chi connectivity index (χ0) is 16.6. The topological polar surface area (TPSA) is 97.3 Å². The lowest BCUT2D eigenvalue weighted by atomic mass is 9.80. The average molecular weight is 342 g/mol. The third-order valence-corrected chi connectivity index (χ3v) is 6.22. The van der Waals surface area contributed by atoms with Crippen LogP contribution in [0.3, 0.4) is 0 Å². The van der Waals surface area contributed by atoms with Crippen LogP contribution in [0.4, 0.5) is 0 Å². The van der Waals surface area contributed by atoms with Gasteiger partial charge in [0.15, 0.2) is 0 Å². The first-order valence-corrected chi connectivity index (χ1v) is 10.0. The van der Waals surface area contributed by atoms with Crippen LogP contribution in [0, 0.1) is 0 Å². The van der Waals surface area contributed by atoms with Crippen LogP contribution in [0.25, 0.3) is 0 Å². The fraction of sp³-hybridized carbons (Fsp3) is 0.857. The molecule has 130 valence electrons. The fourth-order valence-electron chi connectivity index (χ4n) is 3.38. The van der Waals surface area contributed by atoms with E-state index in [1.54, 1.807) is 4.31 Å². The molecule has 0 atom stereocenters. The molecule has 2 aliphatic rings. The quantitative estimate of drug-likeness (QED) is 0.791. The molecule has 0 spiro atoms. The number of rotatable bonds is 4. The van der Waals surface area contributed by atoms with Crippen molar-refractivity contribution >= 4 is 10.0 Å². The first-order chi connectivity index (χ1) is 10.8. The minimum absolute atomic E-state index is 0.299. The van der Waals surface area contributed by atoms with Crippen molar-refractivity contribution in [3.63, 3.8) is 0 Å². The van der Waals surface area contributed by atoms with E-state index in [1.807, 2.05) is 7.05 Å².